The molecule has 25 heavy (non-hydrogen) atoms. The molecule has 0 N–H and O–H groups in total. The third-order valence-electron chi connectivity index (χ3n) is 6.54. The van der Waals surface area contributed by atoms with E-state index in [0.717, 1.165) is 19.3 Å². The summed E-state index contributed by atoms with van der Waals surface area (Å²) in [5.41, 5.74) is 0.736. The van der Waals surface area contributed by atoms with Gasteiger partial charge in [0.15, 0.2) is 18.1 Å². The average molecular weight is 338 g/mol. The number of Topliss-reactive ketones (excluding diaryl/α,β-unsaturated/α-hetero) is 1. The van der Waals surface area contributed by atoms with Gasteiger partial charge in [-0.1, -0.05) is 6.07 Å². The summed E-state index contributed by atoms with van der Waals surface area (Å²) in [6, 6.07) is 5.58. The molecule has 0 amide bonds. The number of hydrogen-bond donors (Lipinski definition) is 0. The molecule has 0 aromatic carbocycles. The average Bonchev–Trinajstić information content (AvgIpc) is 3.02. The zero-order valence-electron chi connectivity index (χ0n) is 14.2. The highest BCUT2D eigenvalue weighted by molar-refractivity contribution is 5.92. The fourth-order valence-electron chi connectivity index (χ4n) is 5.84. The summed E-state index contributed by atoms with van der Waals surface area (Å²) in [6.45, 7) is -0.112. The van der Waals surface area contributed by atoms with Crippen LogP contribution in [0.5, 0.6) is 0 Å². The molecule has 0 spiro atoms. The molecule has 130 valence electrons. The van der Waals surface area contributed by atoms with E-state index in [9.17, 15) is 9.59 Å². The molecule has 4 aliphatic carbocycles. The van der Waals surface area contributed by atoms with E-state index < -0.39 is 5.97 Å². The van der Waals surface area contributed by atoms with Gasteiger partial charge in [0, 0.05) is 17.8 Å². The summed E-state index contributed by atoms with van der Waals surface area (Å²) in [6.07, 6.45) is 10.4. The van der Waals surface area contributed by atoms with Crippen molar-refractivity contribution in [2.24, 2.45) is 23.2 Å². The van der Waals surface area contributed by atoms with Crippen LogP contribution >= 0.6 is 0 Å². The van der Waals surface area contributed by atoms with Crippen molar-refractivity contribution < 1.29 is 14.3 Å². The topological polar surface area (TPSA) is 60.7 Å². The largest absolute Gasteiger partial charge is 0.453 e. The zero-order chi connectivity index (χ0) is 17.0. The molecule has 2 heterocycles. The van der Waals surface area contributed by atoms with Gasteiger partial charge in [-0.2, -0.15) is 0 Å². The lowest BCUT2D eigenvalue weighted by Crippen LogP contribution is -2.51. The number of ketones is 1. The number of carbonyl (C=O) groups excluding carboxylic acids is 2. The number of hydrogen-bond acceptors (Lipinski definition) is 4. The standard InChI is InChI=1S/C20H22N2O3/c23-17(20-8-13-5-14(9-20)7-15(6-13)10-20)12-25-19(24)16-11-22-4-2-1-3-18(22)21-16/h1-4,11,13-15H,5-10,12H2. The van der Waals surface area contributed by atoms with Gasteiger partial charge in [0.25, 0.3) is 0 Å². The first kappa shape index (κ1) is 15.1. The summed E-state index contributed by atoms with van der Waals surface area (Å²) >= 11 is 0. The highest BCUT2D eigenvalue weighted by Gasteiger charge is 2.54. The molecule has 4 saturated carbocycles. The summed E-state index contributed by atoms with van der Waals surface area (Å²) in [5.74, 6) is 1.75. The maximum atomic E-state index is 12.9. The number of nitrogens with zero attached hydrogens (tertiary/aromatic N) is 2. The van der Waals surface area contributed by atoms with Gasteiger partial charge >= 0.3 is 5.97 Å². The van der Waals surface area contributed by atoms with E-state index in [1.165, 1.54) is 19.3 Å². The van der Waals surface area contributed by atoms with E-state index in [0.29, 0.717) is 23.4 Å². The predicted octanol–water partition coefficient (Wildman–Crippen LogP) is 3.28. The van der Waals surface area contributed by atoms with Crippen LogP contribution in [0.15, 0.2) is 30.6 Å². The second-order valence-corrected chi connectivity index (χ2v) is 8.29. The maximum Gasteiger partial charge on any atom is 0.359 e. The van der Waals surface area contributed by atoms with E-state index in [-0.39, 0.29) is 23.5 Å². The van der Waals surface area contributed by atoms with Gasteiger partial charge in [-0.15, -0.1) is 0 Å². The minimum Gasteiger partial charge on any atom is -0.453 e. The van der Waals surface area contributed by atoms with E-state index in [4.69, 9.17) is 4.74 Å². The fourth-order valence-corrected chi connectivity index (χ4v) is 5.84. The number of aromatic nitrogens is 2. The molecule has 5 nitrogen and oxygen atoms in total. The highest BCUT2D eigenvalue weighted by atomic mass is 16.5. The second-order valence-electron chi connectivity index (χ2n) is 8.29. The van der Waals surface area contributed by atoms with Crippen LogP contribution in [0, 0.1) is 23.2 Å². The van der Waals surface area contributed by atoms with E-state index in [1.807, 2.05) is 24.4 Å². The van der Waals surface area contributed by atoms with Crippen LogP contribution in [0.2, 0.25) is 0 Å². The molecule has 0 atom stereocenters. The Labute approximate surface area is 146 Å². The fraction of sp³-hybridized carbons (Fsp3) is 0.550. The Kier molecular flexibility index (Phi) is 3.27. The molecular formula is C20H22N2O3. The monoisotopic (exact) mass is 338 g/mol. The summed E-state index contributed by atoms with van der Waals surface area (Å²) in [7, 11) is 0. The summed E-state index contributed by atoms with van der Waals surface area (Å²) < 4.78 is 7.12. The van der Waals surface area contributed by atoms with Gasteiger partial charge in [-0.05, 0) is 68.4 Å². The summed E-state index contributed by atoms with van der Waals surface area (Å²) in [4.78, 5) is 29.5. The van der Waals surface area contributed by atoms with E-state index in [2.05, 4.69) is 4.98 Å². The first-order chi connectivity index (χ1) is 12.1. The molecule has 0 aliphatic heterocycles. The van der Waals surface area contributed by atoms with Gasteiger partial charge in [0.2, 0.25) is 0 Å². The van der Waals surface area contributed by atoms with Gasteiger partial charge in [0.1, 0.15) is 5.65 Å². The highest BCUT2D eigenvalue weighted by Crippen LogP contribution is 2.60. The molecular weight excluding hydrogens is 316 g/mol. The molecule has 5 heteroatoms. The minimum absolute atomic E-state index is 0.112. The molecule has 0 unspecified atom stereocenters. The Morgan fingerprint density at radius 1 is 1.12 bits per heavy atom. The smallest absolute Gasteiger partial charge is 0.359 e. The van der Waals surface area contributed by atoms with Crippen molar-refractivity contribution >= 4 is 17.4 Å². The maximum absolute atomic E-state index is 12.9. The molecule has 4 bridgehead atoms. The molecule has 2 aromatic heterocycles. The Hall–Kier alpha value is -2.17. The SMILES string of the molecule is O=C(OCC(=O)C12CC3CC(CC(C3)C1)C2)c1cn2ccccc2n1. The van der Waals surface area contributed by atoms with Crippen molar-refractivity contribution in [3.8, 4) is 0 Å². The van der Waals surface area contributed by atoms with Crippen LogP contribution in [0.3, 0.4) is 0 Å². The molecule has 6 rings (SSSR count). The molecule has 0 radical (unpaired) electrons. The number of rotatable bonds is 4. The molecule has 2 aromatic rings. The number of carbonyl (C=O) groups is 2. The molecule has 0 saturated heterocycles. The Bertz CT molecular complexity index is 785. The van der Waals surface area contributed by atoms with Crippen molar-refractivity contribution in [3.05, 3.63) is 36.3 Å². The Morgan fingerprint density at radius 3 is 2.44 bits per heavy atom. The zero-order valence-corrected chi connectivity index (χ0v) is 14.2. The van der Waals surface area contributed by atoms with Crippen molar-refractivity contribution in [1.29, 1.82) is 0 Å². The van der Waals surface area contributed by atoms with Gasteiger partial charge < -0.3 is 9.14 Å². The number of ether oxygens (including phenoxy) is 1. The van der Waals surface area contributed by atoms with Crippen LogP contribution < -0.4 is 0 Å². The van der Waals surface area contributed by atoms with Crippen molar-refractivity contribution in [2.45, 2.75) is 38.5 Å². The predicted molar refractivity (Wildman–Crippen MR) is 91.1 cm³/mol. The van der Waals surface area contributed by atoms with Crippen molar-refractivity contribution in [2.75, 3.05) is 6.61 Å². The lowest BCUT2D eigenvalue weighted by Gasteiger charge is -2.55. The third-order valence-corrected chi connectivity index (χ3v) is 6.54. The van der Waals surface area contributed by atoms with Crippen LogP contribution in [-0.2, 0) is 9.53 Å². The third kappa shape index (κ3) is 2.48. The van der Waals surface area contributed by atoms with Crippen LogP contribution in [0.1, 0.15) is 49.0 Å². The first-order valence-corrected chi connectivity index (χ1v) is 9.25. The first-order valence-electron chi connectivity index (χ1n) is 9.25. The lowest BCUT2D eigenvalue weighted by atomic mass is 9.48. The van der Waals surface area contributed by atoms with Crippen LogP contribution in [0.4, 0.5) is 0 Å². The number of imidazole rings is 1. The number of pyridine rings is 1. The minimum atomic E-state index is -0.512. The van der Waals surface area contributed by atoms with Crippen LogP contribution in [0.25, 0.3) is 5.65 Å². The Balaban J connectivity index is 1.28. The number of fused-ring (bicyclic) bond motifs is 1. The van der Waals surface area contributed by atoms with Crippen molar-refractivity contribution in [3.63, 3.8) is 0 Å². The van der Waals surface area contributed by atoms with Gasteiger partial charge in [-0.25, -0.2) is 9.78 Å². The molecule has 4 aliphatic rings. The van der Waals surface area contributed by atoms with E-state index >= 15 is 0 Å². The van der Waals surface area contributed by atoms with Crippen molar-refractivity contribution in [1.82, 2.24) is 9.38 Å². The summed E-state index contributed by atoms with van der Waals surface area (Å²) in [5, 5.41) is 0. The lowest BCUT2D eigenvalue weighted by molar-refractivity contribution is -0.147. The van der Waals surface area contributed by atoms with Crippen LogP contribution in [-0.4, -0.2) is 27.7 Å². The quantitative estimate of drug-likeness (QED) is 0.803. The molecule has 4 fully saturated rings. The van der Waals surface area contributed by atoms with E-state index in [1.54, 1.807) is 10.6 Å². The number of esters is 1. The van der Waals surface area contributed by atoms with Gasteiger partial charge in [0.05, 0.1) is 0 Å². The van der Waals surface area contributed by atoms with Gasteiger partial charge in [-0.3, -0.25) is 4.79 Å². The normalized spacial score (nSPS) is 32.9. The Morgan fingerprint density at radius 2 is 1.80 bits per heavy atom. The second kappa shape index (κ2) is 5.41.